The molecule has 0 saturated carbocycles. The molecule has 0 aromatic heterocycles. The van der Waals surface area contributed by atoms with Gasteiger partial charge in [-0.2, -0.15) is 0 Å². The maximum Gasteiger partial charge on any atom is 0.139 e. The molecule has 0 aliphatic rings. The highest BCUT2D eigenvalue weighted by atomic mass is 35.5. The third-order valence-corrected chi connectivity index (χ3v) is 3.12. The van der Waals surface area contributed by atoms with E-state index in [1.165, 1.54) is 0 Å². The fourth-order valence-electron chi connectivity index (χ4n) is 1.63. The maximum atomic E-state index is 6.01. The van der Waals surface area contributed by atoms with Crippen molar-refractivity contribution in [3.63, 3.8) is 0 Å². The van der Waals surface area contributed by atoms with E-state index < -0.39 is 0 Å². The fraction of sp³-hybridized carbons (Fsp3) is 0.200. The summed E-state index contributed by atoms with van der Waals surface area (Å²) in [4.78, 5) is 0. The van der Waals surface area contributed by atoms with Crippen molar-refractivity contribution >= 4 is 28.9 Å². The molecule has 0 bridgehead atoms. The van der Waals surface area contributed by atoms with Gasteiger partial charge in [0.1, 0.15) is 5.75 Å². The number of hydrogen-bond donors (Lipinski definition) is 1. The summed E-state index contributed by atoms with van der Waals surface area (Å²) < 4.78 is 5.60. The summed E-state index contributed by atoms with van der Waals surface area (Å²) >= 11 is 11.9. The lowest BCUT2D eigenvalue weighted by Gasteiger charge is -2.09. The number of hydrogen-bond acceptors (Lipinski definition) is 2. The Morgan fingerprint density at radius 1 is 1.00 bits per heavy atom. The molecule has 0 fully saturated rings. The van der Waals surface area contributed by atoms with Crippen LogP contribution in [0.3, 0.4) is 0 Å². The van der Waals surface area contributed by atoms with Crippen LogP contribution in [-0.2, 0) is 0 Å². The van der Waals surface area contributed by atoms with Crippen molar-refractivity contribution in [1.82, 2.24) is 0 Å². The Kier molecular flexibility index (Phi) is 5.37. The van der Waals surface area contributed by atoms with Crippen molar-refractivity contribution in [2.45, 2.75) is 6.42 Å². The summed E-state index contributed by atoms with van der Waals surface area (Å²) in [5, 5.41) is 4.53. The Balaban J connectivity index is 1.71. The van der Waals surface area contributed by atoms with E-state index in [2.05, 4.69) is 5.32 Å². The monoisotopic (exact) mass is 295 g/mol. The second kappa shape index (κ2) is 7.27. The Hall–Kier alpha value is -1.38. The zero-order chi connectivity index (χ0) is 13.5. The maximum absolute atomic E-state index is 6.01. The van der Waals surface area contributed by atoms with Gasteiger partial charge in [-0.3, -0.25) is 0 Å². The van der Waals surface area contributed by atoms with E-state index in [9.17, 15) is 0 Å². The molecule has 0 unspecified atom stereocenters. The average molecular weight is 296 g/mol. The number of rotatable bonds is 6. The number of para-hydroxylation sites is 1. The molecule has 2 aromatic rings. The summed E-state index contributed by atoms with van der Waals surface area (Å²) in [6, 6.07) is 15.3. The van der Waals surface area contributed by atoms with Gasteiger partial charge in [-0.05, 0) is 30.7 Å². The van der Waals surface area contributed by atoms with Gasteiger partial charge < -0.3 is 10.1 Å². The molecule has 0 aliphatic carbocycles. The average Bonchev–Trinajstić information content (AvgIpc) is 2.43. The molecule has 0 spiro atoms. The summed E-state index contributed by atoms with van der Waals surface area (Å²) in [6.07, 6.45) is 0.887. The second-order valence-electron chi connectivity index (χ2n) is 4.07. The number of anilines is 1. The lowest BCUT2D eigenvalue weighted by atomic mass is 10.3. The smallest absolute Gasteiger partial charge is 0.139 e. The molecular formula is C15H15Cl2NO. The normalized spacial score (nSPS) is 10.2. The van der Waals surface area contributed by atoms with Gasteiger partial charge in [0, 0.05) is 23.3 Å². The third-order valence-electron chi connectivity index (χ3n) is 2.57. The van der Waals surface area contributed by atoms with Gasteiger partial charge in [0.25, 0.3) is 0 Å². The predicted octanol–water partition coefficient (Wildman–Crippen LogP) is 4.87. The number of halogens is 2. The SMILES string of the molecule is Clc1ccc(Cl)c(OCCCNc2ccccc2)c1. The van der Waals surface area contributed by atoms with E-state index >= 15 is 0 Å². The molecule has 0 atom stereocenters. The molecule has 2 nitrogen and oxygen atoms in total. The minimum Gasteiger partial charge on any atom is -0.492 e. The first-order chi connectivity index (χ1) is 9.25. The van der Waals surface area contributed by atoms with Gasteiger partial charge in [0.15, 0.2) is 0 Å². The Morgan fingerprint density at radius 3 is 2.58 bits per heavy atom. The molecule has 0 radical (unpaired) electrons. The van der Waals surface area contributed by atoms with E-state index in [0.29, 0.717) is 22.4 Å². The van der Waals surface area contributed by atoms with Crippen LogP contribution in [0.5, 0.6) is 5.75 Å². The van der Waals surface area contributed by atoms with Crippen LogP contribution in [-0.4, -0.2) is 13.2 Å². The Bertz CT molecular complexity index is 517. The molecule has 1 N–H and O–H groups in total. The van der Waals surface area contributed by atoms with Gasteiger partial charge >= 0.3 is 0 Å². The predicted molar refractivity (Wildman–Crippen MR) is 81.5 cm³/mol. The standard InChI is InChI=1S/C15H15Cl2NO/c16-12-7-8-14(17)15(11-12)19-10-4-9-18-13-5-2-1-3-6-13/h1-3,5-8,11,18H,4,9-10H2. The Morgan fingerprint density at radius 2 is 1.79 bits per heavy atom. The molecule has 2 rings (SSSR count). The largest absolute Gasteiger partial charge is 0.492 e. The lowest BCUT2D eigenvalue weighted by molar-refractivity contribution is 0.315. The van der Waals surface area contributed by atoms with Gasteiger partial charge in [-0.1, -0.05) is 41.4 Å². The van der Waals surface area contributed by atoms with Crippen molar-refractivity contribution in [3.05, 3.63) is 58.6 Å². The summed E-state index contributed by atoms with van der Waals surface area (Å²) in [6.45, 7) is 1.45. The quantitative estimate of drug-likeness (QED) is 0.767. The highest BCUT2D eigenvalue weighted by molar-refractivity contribution is 6.34. The first-order valence-corrected chi connectivity index (χ1v) is 6.88. The van der Waals surface area contributed by atoms with E-state index in [0.717, 1.165) is 18.7 Å². The molecule has 0 heterocycles. The van der Waals surface area contributed by atoms with E-state index in [4.69, 9.17) is 27.9 Å². The van der Waals surface area contributed by atoms with Crippen LogP contribution in [0.4, 0.5) is 5.69 Å². The van der Waals surface area contributed by atoms with Crippen molar-refractivity contribution in [1.29, 1.82) is 0 Å². The first-order valence-electron chi connectivity index (χ1n) is 6.12. The summed E-state index contributed by atoms with van der Waals surface area (Å²) in [5.74, 6) is 0.633. The van der Waals surface area contributed by atoms with Gasteiger partial charge in [0.2, 0.25) is 0 Å². The third kappa shape index (κ3) is 4.66. The summed E-state index contributed by atoms with van der Waals surface area (Å²) in [5.41, 5.74) is 1.11. The van der Waals surface area contributed by atoms with Gasteiger partial charge in [-0.15, -0.1) is 0 Å². The topological polar surface area (TPSA) is 21.3 Å². The molecule has 100 valence electrons. The number of ether oxygens (including phenoxy) is 1. The minimum absolute atomic E-state index is 0.584. The van der Waals surface area contributed by atoms with E-state index in [1.54, 1.807) is 18.2 Å². The van der Waals surface area contributed by atoms with Crippen molar-refractivity contribution in [2.75, 3.05) is 18.5 Å². The van der Waals surface area contributed by atoms with Crippen LogP contribution in [0.2, 0.25) is 10.0 Å². The fourth-order valence-corrected chi connectivity index (χ4v) is 1.97. The molecule has 4 heteroatoms. The minimum atomic E-state index is 0.584. The van der Waals surface area contributed by atoms with Crippen LogP contribution >= 0.6 is 23.2 Å². The van der Waals surface area contributed by atoms with Crippen LogP contribution in [0, 0.1) is 0 Å². The van der Waals surface area contributed by atoms with Crippen molar-refractivity contribution < 1.29 is 4.74 Å². The Labute approximate surface area is 123 Å². The lowest BCUT2D eigenvalue weighted by Crippen LogP contribution is -2.07. The molecule has 2 aromatic carbocycles. The van der Waals surface area contributed by atoms with Gasteiger partial charge in [-0.25, -0.2) is 0 Å². The molecule has 19 heavy (non-hydrogen) atoms. The van der Waals surface area contributed by atoms with E-state index in [1.807, 2.05) is 30.3 Å². The van der Waals surface area contributed by atoms with E-state index in [-0.39, 0.29) is 0 Å². The molecule has 0 saturated heterocycles. The van der Waals surface area contributed by atoms with Crippen molar-refractivity contribution in [2.24, 2.45) is 0 Å². The van der Waals surface area contributed by atoms with Crippen molar-refractivity contribution in [3.8, 4) is 5.75 Å². The highest BCUT2D eigenvalue weighted by Gasteiger charge is 2.02. The first kappa shape index (κ1) is 14.0. The van der Waals surface area contributed by atoms with Crippen LogP contribution in [0.25, 0.3) is 0 Å². The molecule has 0 aliphatic heterocycles. The zero-order valence-corrected chi connectivity index (χ0v) is 11.9. The van der Waals surface area contributed by atoms with Crippen LogP contribution in [0.15, 0.2) is 48.5 Å². The number of nitrogens with one attached hydrogen (secondary N) is 1. The van der Waals surface area contributed by atoms with Crippen LogP contribution in [0.1, 0.15) is 6.42 Å². The zero-order valence-electron chi connectivity index (χ0n) is 10.4. The van der Waals surface area contributed by atoms with Crippen LogP contribution < -0.4 is 10.1 Å². The molecular weight excluding hydrogens is 281 g/mol. The highest BCUT2D eigenvalue weighted by Crippen LogP contribution is 2.27. The molecule has 0 amide bonds. The van der Waals surface area contributed by atoms with Gasteiger partial charge in [0.05, 0.1) is 11.6 Å². The second-order valence-corrected chi connectivity index (χ2v) is 4.91. The summed E-state index contributed by atoms with van der Waals surface area (Å²) in [7, 11) is 0. The number of benzene rings is 2.